The average molecular weight is 394 g/mol. The summed E-state index contributed by atoms with van der Waals surface area (Å²) in [4.78, 5) is 15.5. The van der Waals surface area contributed by atoms with Gasteiger partial charge in [-0.25, -0.2) is 0 Å². The van der Waals surface area contributed by atoms with Crippen molar-refractivity contribution < 1.29 is 9.68 Å². The highest BCUT2D eigenvalue weighted by Gasteiger charge is 2.29. The molecule has 5 rings (SSSR count). The second kappa shape index (κ2) is 7.21. The summed E-state index contributed by atoms with van der Waals surface area (Å²) in [6, 6.07) is 11.3. The van der Waals surface area contributed by atoms with Crippen LogP contribution in [0.2, 0.25) is 0 Å². The van der Waals surface area contributed by atoms with E-state index >= 15 is 0 Å². The van der Waals surface area contributed by atoms with Crippen LogP contribution in [0.3, 0.4) is 0 Å². The summed E-state index contributed by atoms with van der Waals surface area (Å²) in [6.45, 7) is 4.12. The van der Waals surface area contributed by atoms with Crippen LogP contribution in [0.4, 0.5) is 0 Å². The third-order valence-corrected chi connectivity index (χ3v) is 7.28. The van der Waals surface area contributed by atoms with Gasteiger partial charge < -0.3 is 5.11 Å². The molecule has 0 spiro atoms. The number of phenolic OH excluding ortho intramolecular Hbond substituents is 1. The highest BCUT2D eigenvalue weighted by molar-refractivity contribution is 7.24. The molecule has 0 radical (unpaired) electrons. The van der Waals surface area contributed by atoms with Crippen molar-refractivity contribution >= 4 is 37.3 Å². The Kier molecular flexibility index (Phi) is 4.55. The van der Waals surface area contributed by atoms with Crippen LogP contribution in [0.25, 0.3) is 20.2 Å². The number of rotatable bonds is 2. The van der Waals surface area contributed by atoms with Crippen LogP contribution in [0.5, 0.6) is 5.75 Å². The minimum atomic E-state index is 0.0175. The van der Waals surface area contributed by atoms with E-state index in [1.807, 2.05) is 30.3 Å². The van der Waals surface area contributed by atoms with Crippen LogP contribution < -0.4 is 5.43 Å². The zero-order chi connectivity index (χ0) is 19.1. The number of hydrogen-bond donors (Lipinski definition) is 1. The molecule has 0 saturated carbocycles. The average Bonchev–Trinajstić information content (AvgIpc) is 2.95. The van der Waals surface area contributed by atoms with Gasteiger partial charge in [0, 0.05) is 38.6 Å². The molecule has 144 valence electrons. The van der Waals surface area contributed by atoms with E-state index in [0.717, 1.165) is 52.9 Å². The highest BCUT2D eigenvalue weighted by Crippen LogP contribution is 2.32. The molecule has 0 fully saturated rings. The van der Waals surface area contributed by atoms with Gasteiger partial charge in [0.25, 0.3) is 0 Å². The SMILES string of the molecule is O=c1c2ccccc2sc2c(CN3CCC[N+]4=C3CCCCC4)cc(O)cc12. The molecule has 3 heterocycles. The zero-order valence-electron chi connectivity index (χ0n) is 16.0. The molecule has 0 amide bonds. The van der Waals surface area contributed by atoms with Gasteiger partial charge in [0.15, 0.2) is 5.43 Å². The summed E-state index contributed by atoms with van der Waals surface area (Å²) >= 11 is 1.66. The van der Waals surface area contributed by atoms with E-state index in [0.29, 0.717) is 5.39 Å². The molecule has 1 aromatic heterocycles. The zero-order valence-corrected chi connectivity index (χ0v) is 16.8. The third kappa shape index (κ3) is 3.08. The van der Waals surface area contributed by atoms with Crippen molar-refractivity contribution in [2.45, 2.75) is 38.6 Å². The quantitative estimate of drug-likeness (QED) is 0.521. The van der Waals surface area contributed by atoms with E-state index in [-0.39, 0.29) is 11.2 Å². The molecular formula is C23H25N2O2S+. The van der Waals surface area contributed by atoms with E-state index in [2.05, 4.69) is 9.48 Å². The maximum absolute atomic E-state index is 13.0. The lowest BCUT2D eigenvalue weighted by atomic mass is 10.1. The Balaban J connectivity index is 1.63. The molecular weight excluding hydrogens is 368 g/mol. The van der Waals surface area contributed by atoms with E-state index in [1.165, 1.54) is 31.5 Å². The lowest BCUT2D eigenvalue weighted by Gasteiger charge is -2.26. The molecule has 28 heavy (non-hydrogen) atoms. The summed E-state index contributed by atoms with van der Waals surface area (Å²) in [5, 5.41) is 11.7. The summed E-state index contributed by atoms with van der Waals surface area (Å²) in [5.41, 5.74) is 1.07. The van der Waals surface area contributed by atoms with Gasteiger partial charge in [0.1, 0.15) is 12.3 Å². The summed E-state index contributed by atoms with van der Waals surface area (Å²) in [7, 11) is 0. The fourth-order valence-electron chi connectivity index (χ4n) is 4.68. The van der Waals surface area contributed by atoms with Crippen molar-refractivity contribution in [2.24, 2.45) is 0 Å². The number of aromatic hydroxyl groups is 1. The Labute approximate surface area is 168 Å². The first kappa shape index (κ1) is 17.7. The van der Waals surface area contributed by atoms with Crippen molar-refractivity contribution in [2.75, 3.05) is 19.6 Å². The summed E-state index contributed by atoms with van der Waals surface area (Å²) < 4.78 is 4.57. The molecule has 2 aliphatic heterocycles. The van der Waals surface area contributed by atoms with Crippen molar-refractivity contribution in [3.05, 3.63) is 52.2 Å². The molecule has 5 heteroatoms. The lowest BCUT2D eigenvalue weighted by Crippen LogP contribution is -2.43. The largest absolute Gasteiger partial charge is 0.508 e. The minimum Gasteiger partial charge on any atom is -0.508 e. The smallest absolute Gasteiger partial charge is 0.247 e. The van der Waals surface area contributed by atoms with Crippen LogP contribution in [-0.2, 0) is 6.54 Å². The number of phenols is 1. The molecule has 0 unspecified atom stereocenters. The first-order valence-electron chi connectivity index (χ1n) is 10.2. The summed E-state index contributed by atoms with van der Waals surface area (Å²) in [5.74, 6) is 1.63. The Morgan fingerprint density at radius 1 is 1.04 bits per heavy atom. The van der Waals surface area contributed by atoms with Gasteiger partial charge in [0.05, 0.1) is 19.6 Å². The van der Waals surface area contributed by atoms with Gasteiger partial charge in [-0.2, -0.15) is 0 Å². The van der Waals surface area contributed by atoms with Crippen molar-refractivity contribution in [3.63, 3.8) is 0 Å². The predicted molar refractivity (Wildman–Crippen MR) is 116 cm³/mol. The van der Waals surface area contributed by atoms with Crippen LogP contribution in [0.15, 0.2) is 41.2 Å². The fourth-order valence-corrected chi connectivity index (χ4v) is 5.84. The number of nitrogens with zero attached hydrogens (tertiary/aromatic N) is 2. The van der Waals surface area contributed by atoms with Gasteiger partial charge in [0.2, 0.25) is 5.84 Å². The lowest BCUT2D eigenvalue weighted by molar-refractivity contribution is -0.539. The monoisotopic (exact) mass is 393 g/mol. The second-order valence-corrected chi connectivity index (χ2v) is 8.95. The van der Waals surface area contributed by atoms with Gasteiger partial charge in [-0.1, -0.05) is 12.1 Å². The normalized spacial score (nSPS) is 17.8. The number of amidine groups is 1. The van der Waals surface area contributed by atoms with Gasteiger partial charge in [-0.05, 0) is 43.5 Å². The van der Waals surface area contributed by atoms with E-state index < -0.39 is 0 Å². The standard InChI is InChI=1S/C23H24N2O2S/c26-17-13-16(15-25-12-6-11-24-10-5-1-2-9-21(24)25)23-19(14-17)22(27)18-7-3-4-8-20(18)28-23/h3-4,7-8,13-14H,1-2,5-6,9-12,15H2/p+1. The maximum Gasteiger partial charge on any atom is 0.247 e. The van der Waals surface area contributed by atoms with Crippen molar-refractivity contribution in [1.29, 1.82) is 0 Å². The topological polar surface area (TPSA) is 43.5 Å². The second-order valence-electron chi connectivity index (χ2n) is 7.90. The van der Waals surface area contributed by atoms with Crippen molar-refractivity contribution in [1.82, 2.24) is 4.90 Å². The van der Waals surface area contributed by atoms with Crippen LogP contribution in [-0.4, -0.2) is 40.1 Å². The molecule has 0 saturated heterocycles. The van der Waals surface area contributed by atoms with Gasteiger partial charge in [-0.15, -0.1) is 11.3 Å². The fraction of sp³-hybridized carbons (Fsp3) is 0.391. The minimum absolute atomic E-state index is 0.0175. The third-order valence-electron chi connectivity index (χ3n) is 6.01. The molecule has 3 aromatic rings. The number of fused-ring (bicyclic) bond motifs is 2. The van der Waals surface area contributed by atoms with Gasteiger partial charge >= 0.3 is 0 Å². The molecule has 0 atom stereocenters. The maximum atomic E-state index is 13.0. The Morgan fingerprint density at radius 2 is 1.89 bits per heavy atom. The molecule has 2 aliphatic rings. The van der Waals surface area contributed by atoms with E-state index in [9.17, 15) is 9.90 Å². The van der Waals surface area contributed by atoms with Crippen LogP contribution in [0.1, 0.15) is 37.7 Å². The number of hydrogen-bond acceptors (Lipinski definition) is 4. The molecule has 4 nitrogen and oxygen atoms in total. The van der Waals surface area contributed by atoms with E-state index in [4.69, 9.17) is 0 Å². The van der Waals surface area contributed by atoms with E-state index in [1.54, 1.807) is 17.4 Å². The highest BCUT2D eigenvalue weighted by atomic mass is 32.1. The Hall–Kier alpha value is -2.40. The molecule has 1 N–H and O–H groups in total. The Morgan fingerprint density at radius 3 is 2.82 bits per heavy atom. The molecule has 0 bridgehead atoms. The first-order chi connectivity index (χ1) is 13.7. The molecule has 2 aromatic carbocycles. The van der Waals surface area contributed by atoms with Crippen LogP contribution >= 0.6 is 11.3 Å². The van der Waals surface area contributed by atoms with Gasteiger partial charge in [-0.3, -0.25) is 14.3 Å². The van der Waals surface area contributed by atoms with Crippen molar-refractivity contribution in [3.8, 4) is 5.75 Å². The number of benzene rings is 2. The summed E-state index contributed by atoms with van der Waals surface area (Å²) in [6.07, 6.45) is 6.13. The van der Waals surface area contributed by atoms with Crippen LogP contribution in [0, 0.1) is 0 Å². The first-order valence-corrected chi connectivity index (χ1v) is 11.1. The molecule has 0 aliphatic carbocycles. The Bertz CT molecular complexity index is 1150. The predicted octanol–water partition coefficient (Wildman–Crippen LogP) is 4.31.